The number of carbonyl (C=O) groups excluding carboxylic acids is 2. The predicted octanol–water partition coefficient (Wildman–Crippen LogP) is 1.99. The van der Waals surface area contributed by atoms with Crippen molar-refractivity contribution in [2.45, 2.75) is 13.3 Å². The van der Waals surface area contributed by atoms with Crippen LogP contribution in [-0.4, -0.2) is 30.5 Å². The van der Waals surface area contributed by atoms with Crippen LogP contribution >= 0.6 is 15.9 Å². The van der Waals surface area contributed by atoms with E-state index in [0.29, 0.717) is 10.4 Å². The fraction of sp³-hybridized carbons (Fsp3) is 0.364. The van der Waals surface area contributed by atoms with Gasteiger partial charge in [-0.2, -0.15) is 0 Å². The Balaban J connectivity index is 2.87. The van der Waals surface area contributed by atoms with Crippen LogP contribution in [0.25, 0.3) is 0 Å². The third-order valence-corrected chi connectivity index (χ3v) is 2.36. The molecule has 0 radical (unpaired) electrons. The molecule has 0 aliphatic heterocycles. The fourth-order valence-electron chi connectivity index (χ4n) is 1.21. The van der Waals surface area contributed by atoms with Gasteiger partial charge < -0.3 is 9.47 Å². The second kappa shape index (κ2) is 6.34. The van der Waals surface area contributed by atoms with Gasteiger partial charge in [0, 0.05) is 0 Å². The molecule has 0 fully saturated rings. The Kier molecular flexibility index (Phi) is 5.09. The van der Waals surface area contributed by atoms with E-state index in [2.05, 4.69) is 20.9 Å². The van der Waals surface area contributed by atoms with Crippen molar-refractivity contribution in [3.05, 3.63) is 22.4 Å². The number of halogens is 1. The lowest BCUT2D eigenvalue weighted by molar-refractivity contribution is -0.141. The number of nitrogens with zero attached hydrogens (tertiary/aromatic N) is 1. The third-order valence-electron chi connectivity index (χ3n) is 1.92. The Labute approximate surface area is 107 Å². The summed E-state index contributed by atoms with van der Waals surface area (Å²) < 4.78 is 10.2. The average Bonchev–Trinajstić information content (AvgIpc) is 2.29. The molecule has 17 heavy (non-hydrogen) atoms. The summed E-state index contributed by atoms with van der Waals surface area (Å²) in [5, 5.41) is 0. The molecule has 0 N–H and O–H groups in total. The maximum atomic E-state index is 11.8. The van der Waals surface area contributed by atoms with E-state index in [9.17, 15) is 9.59 Å². The molecule has 0 unspecified atom stereocenters. The van der Waals surface area contributed by atoms with Gasteiger partial charge >= 0.3 is 5.97 Å². The van der Waals surface area contributed by atoms with E-state index in [0.717, 1.165) is 0 Å². The number of carbonyl (C=O) groups is 2. The monoisotopic (exact) mass is 301 g/mol. The van der Waals surface area contributed by atoms with E-state index in [1.807, 2.05) is 0 Å². The molecule has 0 atom stereocenters. The number of pyridine rings is 1. The molecular weight excluding hydrogens is 290 g/mol. The first-order chi connectivity index (χ1) is 8.08. The summed E-state index contributed by atoms with van der Waals surface area (Å²) in [6.45, 7) is 1.93. The lowest BCUT2D eigenvalue weighted by Gasteiger charge is -2.06. The van der Waals surface area contributed by atoms with E-state index < -0.39 is 11.8 Å². The van der Waals surface area contributed by atoms with Gasteiger partial charge in [-0.05, 0) is 35.0 Å². The molecule has 5 nitrogen and oxygen atoms in total. The van der Waals surface area contributed by atoms with Crippen LogP contribution in [0.2, 0.25) is 0 Å². The largest absolute Gasteiger partial charge is 0.494 e. The SMILES string of the molecule is CCOC(=O)CC(=O)c1nc(Br)ccc1OC. The molecule has 0 saturated carbocycles. The molecule has 1 rings (SSSR count). The minimum absolute atomic E-state index is 0.120. The van der Waals surface area contributed by atoms with Crippen LogP contribution < -0.4 is 4.74 Å². The molecule has 0 saturated heterocycles. The summed E-state index contributed by atoms with van der Waals surface area (Å²) in [4.78, 5) is 27.0. The standard InChI is InChI=1S/C11H12BrNO4/c1-3-17-10(15)6-7(14)11-8(16-2)4-5-9(12)13-11/h4-5H,3,6H2,1-2H3. The highest BCUT2D eigenvalue weighted by Crippen LogP contribution is 2.20. The molecule has 0 spiro atoms. The second-order valence-electron chi connectivity index (χ2n) is 3.09. The number of rotatable bonds is 5. The topological polar surface area (TPSA) is 65.5 Å². The maximum Gasteiger partial charge on any atom is 0.313 e. The molecule has 0 aliphatic rings. The number of Topliss-reactive ketones (excluding diaryl/α,β-unsaturated/α-hetero) is 1. The minimum atomic E-state index is -0.568. The highest BCUT2D eigenvalue weighted by atomic mass is 79.9. The molecule has 1 heterocycles. The van der Waals surface area contributed by atoms with Crippen LogP contribution in [0, 0.1) is 0 Å². The lowest BCUT2D eigenvalue weighted by Crippen LogP contribution is -2.13. The Bertz CT molecular complexity index is 433. The van der Waals surface area contributed by atoms with E-state index in [-0.39, 0.29) is 18.7 Å². The molecule has 6 heteroatoms. The van der Waals surface area contributed by atoms with Gasteiger partial charge in [-0.3, -0.25) is 9.59 Å². The molecule has 92 valence electrons. The first-order valence-electron chi connectivity index (χ1n) is 4.97. The first kappa shape index (κ1) is 13.6. The van der Waals surface area contributed by atoms with Crippen molar-refractivity contribution >= 4 is 27.7 Å². The zero-order chi connectivity index (χ0) is 12.8. The van der Waals surface area contributed by atoms with Crippen LogP contribution in [0.3, 0.4) is 0 Å². The maximum absolute atomic E-state index is 11.8. The summed E-state index contributed by atoms with van der Waals surface area (Å²) in [6, 6.07) is 3.26. The van der Waals surface area contributed by atoms with Crippen LogP contribution in [0.15, 0.2) is 16.7 Å². The molecule has 0 aliphatic carbocycles. The molecule has 1 aromatic heterocycles. The number of aromatic nitrogens is 1. The van der Waals surface area contributed by atoms with Crippen LogP contribution in [0.1, 0.15) is 23.8 Å². The number of esters is 1. The van der Waals surface area contributed by atoms with Gasteiger partial charge in [0.05, 0.1) is 13.7 Å². The van der Waals surface area contributed by atoms with E-state index in [1.54, 1.807) is 19.1 Å². The van der Waals surface area contributed by atoms with Gasteiger partial charge in [0.2, 0.25) is 0 Å². The van der Waals surface area contributed by atoms with Gasteiger partial charge in [0.25, 0.3) is 0 Å². The third kappa shape index (κ3) is 3.81. The highest BCUT2D eigenvalue weighted by Gasteiger charge is 2.18. The Hall–Kier alpha value is -1.43. The highest BCUT2D eigenvalue weighted by molar-refractivity contribution is 9.10. The van der Waals surface area contributed by atoms with E-state index in [4.69, 9.17) is 9.47 Å². The number of hydrogen-bond acceptors (Lipinski definition) is 5. The van der Waals surface area contributed by atoms with Gasteiger partial charge in [0.1, 0.15) is 22.5 Å². The quantitative estimate of drug-likeness (QED) is 0.360. The van der Waals surface area contributed by atoms with E-state index >= 15 is 0 Å². The fourth-order valence-corrected chi connectivity index (χ4v) is 1.52. The number of ether oxygens (including phenoxy) is 2. The van der Waals surface area contributed by atoms with Crippen LogP contribution in [0.4, 0.5) is 0 Å². The average molecular weight is 302 g/mol. The summed E-state index contributed by atoms with van der Waals surface area (Å²) in [5.74, 6) is -0.662. The first-order valence-corrected chi connectivity index (χ1v) is 5.77. The van der Waals surface area contributed by atoms with Crippen molar-refractivity contribution in [2.75, 3.05) is 13.7 Å². The predicted molar refractivity (Wildman–Crippen MR) is 64.1 cm³/mol. The smallest absolute Gasteiger partial charge is 0.313 e. The molecule has 1 aromatic rings. The summed E-state index contributed by atoms with van der Waals surface area (Å²) in [6.07, 6.45) is -0.340. The minimum Gasteiger partial charge on any atom is -0.494 e. The Morgan fingerprint density at radius 3 is 2.71 bits per heavy atom. The van der Waals surface area contributed by atoms with Crippen molar-refractivity contribution in [3.63, 3.8) is 0 Å². The van der Waals surface area contributed by atoms with Gasteiger partial charge in [-0.1, -0.05) is 0 Å². The van der Waals surface area contributed by atoms with Gasteiger partial charge in [-0.25, -0.2) is 4.98 Å². The summed E-state index contributed by atoms with van der Waals surface area (Å²) >= 11 is 3.16. The number of methoxy groups -OCH3 is 1. The van der Waals surface area contributed by atoms with Crippen molar-refractivity contribution in [3.8, 4) is 5.75 Å². The number of ketones is 1. The lowest BCUT2D eigenvalue weighted by atomic mass is 10.2. The normalized spacial score (nSPS) is 9.82. The second-order valence-corrected chi connectivity index (χ2v) is 3.90. The van der Waals surface area contributed by atoms with Crippen LogP contribution in [-0.2, 0) is 9.53 Å². The summed E-state index contributed by atoms with van der Waals surface area (Å²) in [7, 11) is 1.44. The van der Waals surface area contributed by atoms with Crippen molar-refractivity contribution in [1.82, 2.24) is 4.98 Å². The van der Waals surface area contributed by atoms with Crippen LogP contribution in [0.5, 0.6) is 5.75 Å². The van der Waals surface area contributed by atoms with Crippen molar-refractivity contribution < 1.29 is 19.1 Å². The van der Waals surface area contributed by atoms with Gasteiger partial charge in [-0.15, -0.1) is 0 Å². The van der Waals surface area contributed by atoms with Crippen molar-refractivity contribution in [2.24, 2.45) is 0 Å². The van der Waals surface area contributed by atoms with E-state index in [1.165, 1.54) is 7.11 Å². The molecular formula is C11H12BrNO4. The van der Waals surface area contributed by atoms with Gasteiger partial charge in [0.15, 0.2) is 5.78 Å². The zero-order valence-corrected chi connectivity index (χ0v) is 11.1. The summed E-state index contributed by atoms with van der Waals surface area (Å²) in [5.41, 5.74) is 0.120. The number of hydrogen-bond donors (Lipinski definition) is 0. The van der Waals surface area contributed by atoms with Crippen molar-refractivity contribution in [1.29, 1.82) is 0 Å². The molecule has 0 aromatic carbocycles. The molecule has 0 amide bonds. The zero-order valence-electron chi connectivity index (χ0n) is 9.53. The Morgan fingerprint density at radius 2 is 2.12 bits per heavy atom. The Morgan fingerprint density at radius 1 is 1.41 bits per heavy atom. The molecule has 0 bridgehead atoms.